The van der Waals surface area contributed by atoms with Crippen LogP contribution in [0.1, 0.15) is 18.2 Å². The molecule has 2 aromatic rings. The first-order valence-electron chi connectivity index (χ1n) is 6.08. The lowest BCUT2D eigenvalue weighted by molar-refractivity contribution is -0.384. The molecule has 1 N–H and O–H groups in total. The Morgan fingerprint density at radius 2 is 2.20 bits per heavy atom. The summed E-state index contributed by atoms with van der Waals surface area (Å²) in [7, 11) is 0. The molecule has 2 rings (SSSR count). The van der Waals surface area contributed by atoms with E-state index in [-0.39, 0.29) is 18.1 Å². The molecule has 0 bridgehead atoms. The van der Waals surface area contributed by atoms with Crippen molar-refractivity contribution >= 4 is 11.5 Å². The maximum Gasteiger partial charge on any atom is 0.269 e. The smallest absolute Gasteiger partial charge is 0.269 e. The molecule has 0 fully saturated rings. The molecule has 0 aliphatic carbocycles. The van der Waals surface area contributed by atoms with Gasteiger partial charge in [-0.1, -0.05) is 19.1 Å². The molecule has 1 aromatic heterocycles. The van der Waals surface area contributed by atoms with Crippen molar-refractivity contribution in [2.45, 2.75) is 19.9 Å². The molecule has 104 valence electrons. The zero-order chi connectivity index (χ0) is 14.5. The minimum atomic E-state index is -0.486. The third-order valence-corrected chi connectivity index (χ3v) is 2.78. The van der Waals surface area contributed by atoms with Crippen LogP contribution >= 0.6 is 0 Å². The number of nitro groups is 1. The number of nitrogens with one attached hydrogen (secondary N) is 1. The molecule has 20 heavy (non-hydrogen) atoms. The molecule has 0 aliphatic rings. The highest BCUT2D eigenvalue weighted by Gasteiger charge is 2.10. The van der Waals surface area contributed by atoms with Gasteiger partial charge in [0.25, 0.3) is 5.69 Å². The Kier molecular flexibility index (Phi) is 4.19. The van der Waals surface area contributed by atoms with Gasteiger partial charge in [0.05, 0.1) is 10.6 Å². The molecular weight excluding hydrogens is 263 g/mol. The highest BCUT2D eigenvalue weighted by molar-refractivity contribution is 5.40. The van der Waals surface area contributed by atoms with Gasteiger partial charge in [0.2, 0.25) is 0 Å². The van der Waals surface area contributed by atoms with Crippen molar-refractivity contribution in [2.24, 2.45) is 0 Å². The van der Waals surface area contributed by atoms with Crippen molar-refractivity contribution in [1.29, 1.82) is 0 Å². The van der Waals surface area contributed by atoms with Crippen molar-refractivity contribution in [3.63, 3.8) is 0 Å². The normalized spacial score (nSPS) is 10.3. The zero-order valence-corrected chi connectivity index (χ0v) is 10.8. The van der Waals surface area contributed by atoms with Gasteiger partial charge in [-0.05, 0) is 12.0 Å². The minimum Gasteiger partial charge on any atom is -0.363 e. The number of aromatic nitrogens is 2. The molecule has 0 atom stereocenters. The monoisotopic (exact) mass is 276 g/mol. The van der Waals surface area contributed by atoms with Crippen LogP contribution in [0.5, 0.6) is 0 Å². The van der Waals surface area contributed by atoms with E-state index >= 15 is 0 Å². The predicted molar refractivity (Wildman–Crippen MR) is 71.8 cm³/mol. The predicted octanol–water partition coefficient (Wildman–Crippen LogP) is 2.70. The van der Waals surface area contributed by atoms with Gasteiger partial charge in [0, 0.05) is 18.7 Å². The van der Waals surface area contributed by atoms with Gasteiger partial charge in [-0.25, -0.2) is 14.4 Å². The summed E-state index contributed by atoms with van der Waals surface area (Å²) in [5.41, 5.74) is 1.01. The molecule has 0 amide bonds. The fraction of sp³-hybridized carbons (Fsp3) is 0.231. The molecular formula is C13H13FN4O2. The summed E-state index contributed by atoms with van der Waals surface area (Å²) in [5, 5.41) is 13.5. The van der Waals surface area contributed by atoms with Gasteiger partial charge in [-0.3, -0.25) is 10.1 Å². The number of hydrogen-bond donors (Lipinski definition) is 1. The number of anilines is 1. The lowest BCUT2D eigenvalue weighted by atomic mass is 10.2. The minimum absolute atomic E-state index is 0.00158. The molecule has 6 nitrogen and oxygen atoms in total. The molecule has 1 aromatic carbocycles. The van der Waals surface area contributed by atoms with Gasteiger partial charge in [-0.2, -0.15) is 0 Å². The van der Waals surface area contributed by atoms with E-state index in [2.05, 4.69) is 15.3 Å². The number of benzene rings is 1. The van der Waals surface area contributed by atoms with Crippen LogP contribution in [0.15, 0.2) is 30.6 Å². The van der Waals surface area contributed by atoms with Crippen molar-refractivity contribution in [2.75, 3.05) is 5.32 Å². The standard InChI is InChI=1S/C13H13FN4O2/c1-2-11-12(14)13(17-8-16-11)15-7-9-4-3-5-10(6-9)18(19)20/h3-6,8H,2,7H2,1H3,(H,15,16,17). The van der Waals surface area contributed by atoms with Crippen molar-refractivity contribution in [1.82, 2.24) is 9.97 Å². The van der Waals surface area contributed by atoms with E-state index in [1.54, 1.807) is 19.1 Å². The Morgan fingerprint density at radius 3 is 2.90 bits per heavy atom. The van der Waals surface area contributed by atoms with Crippen LogP contribution < -0.4 is 5.32 Å². The molecule has 0 saturated heterocycles. The average molecular weight is 276 g/mol. The maximum absolute atomic E-state index is 13.9. The Morgan fingerprint density at radius 1 is 1.40 bits per heavy atom. The van der Waals surface area contributed by atoms with Crippen LogP contribution in [0, 0.1) is 15.9 Å². The van der Waals surface area contributed by atoms with Crippen molar-refractivity contribution in [3.8, 4) is 0 Å². The molecule has 1 heterocycles. The zero-order valence-electron chi connectivity index (χ0n) is 10.8. The van der Waals surface area contributed by atoms with Crippen LogP contribution in [0.3, 0.4) is 0 Å². The summed E-state index contributed by atoms with van der Waals surface area (Å²) in [6, 6.07) is 6.15. The number of halogens is 1. The van der Waals surface area contributed by atoms with Gasteiger partial charge in [0.1, 0.15) is 6.33 Å². The highest BCUT2D eigenvalue weighted by Crippen LogP contribution is 2.17. The van der Waals surface area contributed by atoms with Crippen molar-refractivity contribution in [3.05, 3.63) is 57.8 Å². The van der Waals surface area contributed by atoms with Crippen LogP contribution in [0.2, 0.25) is 0 Å². The van der Waals surface area contributed by atoms with E-state index in [0.29, 0.717) is 17.7 Å². The summed E-state index contributed by atoms with van der Waals surface area (Å²) in [4.78, 5) is 17.9. The van der Waals surface area contributed by atoms with E-state index in [0.717, 1.165) is 0 Å². The summed E-state index contributed by atoms with van der Waals surface area (Å²) in [5.74, 6) is -0.385. The average Bonchev–Trinajstić information content (AvgIpc) is 2.46. The number of non-ortho nitro benzene ring substituents is 1. The van der Waals surface area contributed by atoms with E-state index < -0.39 is 10.7 Å². The molecule has 7 heteroatoms. The fourth-order valence-electron chi connectivity index (χ4n) is 1.74. The van der Waals surface area contributed by atoms with E-state index in [9.17, 15) is 14.5 Å². The Hall–Kier alpha value is -2.57. The van der Waals surface area contributed by atoms with Gasteiger partial charge in [0.15, 0.2) is 11.6 Å². The Bertz CT molecular complexity index is 634. The summed E-state index contributed by atoms with van der Waals surface area (Å²) >= 11 is 0. The third-order valence-electron chi connectivity index (χ3n) is 2.78. The first-order chi connectivity index (χ1) is 9.61. The second-order valence-corrected chi connectivity index (χ2v) is 4.12. The summed E-state index contributed by atoms with van der Waals surface area (Å²) in [6.45, 7) is 2.05. The van der Waals surface area contributed by atoms with E-state index in [1.165, 1.54) is 18.5 Å². The van der Waals surface area contributed by atoms with Crippen molar-refractivity contribution < 1.29 is 9.31 Å². The number of hydrogen-bond acceptors (Lipinski definition) is 5. The molecule has 0 spiro atoms. The fourth-order valence-corrected chi connectivity index (χ4v) is 1.74. The van der Waals surface area contributed by atoms with Gasteiger partial charge < -0.3 is 5.32 Å². The number of nitro benzene ring substituents is 1. The first kappa shape index (κ1) is 13.9. The van der Waals surface area contributed by atoms with E-state index in [1.807, 2.05) is 0 Å². The first-order valence-corrected chi connectivity index (χ1v) is 6.08. The Labute approximate surface area is 114 Å². The van der Waals surface area contributed by atoms with Crippen LogP contribution in [-0.4, -0.2) is 14.9 Å². The Balaban J connectivity index is 2.13. The van der Waals surface area contributed by atoms with Crippen LogP contribution in [0.25, 0.3) is 0 Å². The molecule has 0 aliphatic heterocycles. The largest absolute Gasteiger partial charge is 0.363 e. The van der Waals surface area contributed by atoms with Crippen LogP contribution in [0.4, 0.5) is 15.9 Å². The quantitative estimate of drug-likeness (QED) is 0.670. The third kappa shape index (κ3) is 3.05. The molecule has 0 radical (unpaired) electrons. The lowest BCUT2D eigenvalue weighted by Gasteiger charge is -2.08. The summed E-state index contributed by atoms with van der Waals surface area (Å²) in [6.07, 6.45) is 1.76. The molecule has 0 unspecified atom stereocenters. The van der Waals surface area contributed by atoms with Gasteiger partial charge >= 0.3 is 0 Å². The number of nitrogens with zero attached hydrogens (tertiary/aromatic N) is 3. The SMILES string of the molecule is CCc1ncnc(NCc2cccc([N+](=O)[O-])c2)c1F. The lowest BCUT2D eigenvalue weighted by Crippen LogP contribution is -2.07. The summed E-state index contributed by atoms with van der Waals surface area (Å²) < 4.78 is 13.9. The second kappa shape index (κ2) is 6.05. The maximum atomic E-state index is 13.9. The number of aryl methyl sites for hydroxylation is 1. The molecule has 0 saturated carbocycles. The van der Waals surface area contributed by atoms with E-state index in [4.69, 9.17) is 0 Å². The number of rotatable bonds is 5. The topological polar surface area (TPSA) is 81.0 Å². The van der Waals surface area contributed by atoms with Gasteiger partial charge in [-0.15, -0.1) is 0 Å². The highest BCUT2D eigenvalue weighted by atomic mass is 19.1. The van der Waals surface area contributed by atoms with Crippen LogP contribution in [-0.2, 0) is 13.0 Å². The second-order valence-electron chi connectivity index (χ2n) is 4.12.